The summed E-state index contributed by atoms with van der Waals surface area (Å²) in [5.74, 6) is 0.400. The molecule has 1 saturated heterocycles. The van der Waals surface area contributed by atoms with E-state index in [1.807, 2.05) is 0 Å². The Morgan fingerprint density at radius 1 is 1.30 bits per heavy atom. The van der Waals surface area contributed by atoms with Gasteiger partial charge in [0.1, 0.15) is 5.75 Å². The molecular formula is C18H26N2O3. The van der Waals surface area contributed by atoms with Crippen LogP contribution in [-0.4, -0.2) is 47.9 Å². The third kappa shape index (κ3) is 4.79. The second-order valence-electron chi connectivity index (χ2n) is 6.43. The lowest BCUT2D eigenvalue weighted by Crippen LogP contribution is -2.44. The van der Waals surface area contributed by atoms with Crippen LogP contribution in [0.15, 0.2) is 24.3 Å². The summed E-state index contributed by atoms with van der Waals surface area (Å²) < 4.78 is 5.67. The zero-order valence-electron chi connectivity index (χ0n) is 14.3. The minimum Gasteiger partial charge on any atom is -0.481 e. The van der Waals surface area contributed by atoms with E-state index in [4.69, 9.17) is 4.74 Å². The van der Waals surface area contributed by atoms with Crippen molar-refractivity contribution in [2.24, 2.45) is 0 Å². The van der Waals surface area contributed by atoms with Crippen molar-refractivity contribution in [1.29, 1.82) is 0 Å². The van der Waals surface area contributed by atoms with Gasteiger partial charge in [0.05, 0.1) is 0 Å². The summed E-state index contributed by atoms with van der Waals surface area (Å²) in [4.78, 5) is 26.0. The van der Waals surface area contributed by atoms with E-state index in [-0.39, 0.29) is 17.7 Å². The topological polar surface area (TPSA) is 58.6 Å². The van der Waals surface area contributed by atoms with Gasteiger partial charge in [-0.05, 0) is 46.2 Å². The molecule has 1 aromatic rings. The van der Waals surface area contributed by atoms with Gasteiger partial charge < -0.3 is 10.1 Å². The number of hydrogen-bond acceptors (Lipinski definition) is 4. The van der Waals surface area contributed by atoms with Gasteiger partial charge in [-0.15, -0.1) is 0 Å². The number of rotatable bonds is 6. The molecule has 23 heavy (non-hydrogen) atoms. The van der Waals surface area contributed by atoms with E-state index < -0.39 is 6.10 Å². The van der Waals surface area contributed by atoms with Crippen LogP contribution in [0.25, 0.3) is 0 Å². The van der Waals surface area contributed by atoms with Crippen molar-refractivity contribution in [2.75, 3.05) is 13.1 Å². The summed E-state index contributed by atoms with van der Waals surface area (Å²) in [5, 5.41) is 3.05. The molecule has 0 spiro atoms. The number of nitrogens with one attached hydrogen (secondary N) is 1. The number of benzene rings is 1. The molecule has 1 heterocycles. The Bertz CT molecular complexity index is 571. The van der Waals surface area contributed by atoms with Crippen molar-refractivity contribution in [3.63, 3.8) is 0 Å². The first-order valence-electron chi connectivity index (χ1n) is 8.19. The normalized spacial score (nSPS) is 19.6. The number of amides is 1. The van der Waals surface area contributed by atoms with Gasteiger partial charge in [-0.3, -0.25) is 14.5 Å². The largest absolute Gasteiger partial charge is 0.481 e. The van der Waals surface area contributed by atoms with Gasteiger partial charge >= 0.3 is 0 Å². The van der Waals surface area contributed by atoms with Gasteiger partial charge in [-0.25, -0.2) is 0 Å². The number of ether oxygens (including phenoxy) is 1. The predicted molar refractivity (Wildman–Crippen MR) is 89.8 cm³/mol. The molecule has 1 aliphatic rings. The standard InChI is InChI=1S/C18H26N2O3/c1-12(2)20-9-8-16(11-20)19-18(22)14(4)23-17-7-5-6-15(10-17)13(3)21/h5-7,10,12,14,16H,8-9,11H2,1-4H3,(H,19,22)/t14-,16+/m0/s1. The Hall–Kier alpha value is -1.88. The number of Topliss-reactive ketones (excluding diaryl/α,β-unsaturated/α-hetero) is 1. The lowest BCUT2D eigenvalue weighted by Gasteiger charge is -2.21. The van der Waals surface area contributed by atoms with Gasteiger partial charge in [0.15, 0.2) is 11.9 Å². The molecule has 1 aromatic carbocycles. The zero-order valence-corrected chi connectivity index (χ0v) is 14.3. The summed E-state index contributed by atoms with van der Waals surface area (Å²) in [5.41, 5.74) is 0.582. The Kier molecular flexibility index (Phi) is 5.77. The Morgan fingerprint density at radius 3 is 2.65 bits per heavy atom. The van der Waals surface area contributed by atoms with E-state index in [0.29, 0.717) is 17.4 Å². The van der Waals surface area contributed by atoms with E-state index >= 15 is 0 Å². The third-order valence-corrected chi connectivity index (χ3v) is 4.22. The summed E-state index contributed by atoms with van der Waals surface area (Å²) in [7, 11) is 0. The molecule has 0 aliphatic carbocycles. The maximum Gasteiger partial charge on any atom is 0.261 e. The highest BCUT2D eigenvalue weighted by molar-refractivity contribution is 5.94. The van der Waals surface area contributed by atoms with Gasteiger partial charge in [-0.1, -0.05) is 12.1 Å². The van der Waals surface area contributed by atoms with Crippen molar-refractivity contribution in [1.82, 2.24) is 10.2 Å². The number of likely N-dealkylation sites (tertiary alicyclic amines) is 1. The highest BCUT2D eigenvalue weighted by atomic mass is 16.5. The first kappa shape index (κ1) is 17.5. The van der Waals surface area contributed by atoms with Crippen LogP contribution in [0, 0.1) is 0 Å². The van der Waals surface area contributed by atoms with Gasteiger partial charge in [0.25, 0.3) is 5.91 Å². The molecule has 0 bridgehead atoms. The SMILES string of the molecule is CC(=O)c1cccc(O[C@@H](C)C(=O)N[C@@H]2CCN(C(C)C)C2)c1. The summed E-state index contributed by atoms with van der Waals surface area (Å²) in [6.07, 6.45) is 0.376. The number of carbonyl (C=O) groups is 2. The minimum absolute atomic E-state index is 0.0210. The molecular weight excluding hydrogens is 292 g/mol. The first-order valence-corrected chi connectivity index (χ1v) is 8.19. The highest BCUT2D eigenvalue weighted by Crippen LogP contribution is 2.16. The number of carbonyl (C=O) groups excluding carboxylic acids is 2. The van der Waals surface area contributed by atoms with E-state index in [0.717, 1.165) is 19.5 Å². The minimum atomic E-state index is -0.592. The summed E-state index contributed by atoms with van der Waals surface area (Å²) >= 11 is 0. The fraction of sp³-hybridized carbons (Fsp3) is 0.556. The van der Waals surface area contributed by atoms with Crippen molar-refractivity contribution in [3.8, 4) is 5.75 Å². The van der Waals surface area contributed by atoms with Crippen LogP contribution in [0.2, 0.25) is 0 Å². The van der Waals surface area contributed by atoms with E-state index in [9.17, 15) is 9.59 Å². The van der Waals surface area contributed by atoms with Crippen LogP contribution in [0.3, 0.4) is 0 Å². The molecule has 2 atom stereocenters. The molecule has 1 aliphatic heterocycles. The average molecular weight is 318 g/mol. The maximum absolute atomic E-state index is 12.3. The zero-order chi connectivity index (χ0) is 17.0. The Labute approximate surface area is 138 Å². The molecule has 0 aromatic heterocycles. The Morgan fingerprint density at radius 2 is 2.04 bits per heavy atom. The van der Waals surface area contributed by atoms with Crippen LogP contribution < -0.4 is 10.1 Å². The molecule has 2 rings (SSSR count). The maximum atomic E-state index is 12.3. The summed E-state index contributed by atoms with van der Waals surface area (Å²) in [6, 6.07) is 7.60. The van der Waals surface area contributed by atoms with Gasteiger partial charge in [0.2, 0.25) is 0 Å². The van der Waals surface area contributed by atoms with Crippen LogP contribution in [0.4, 0.5) is 0 Å². The average Bonchev–Trinajstić information content (AvgIpc) is 2.96. The van der Waals surface area contributed by atoms with Gasteiger partial charge in [-0.2, -0.15) is 0 Å². The third-order valence-electron chi connectivity index (χ3n) is 4.22. The fourth-order valence-electron chi connectivity index (χ4n) is 2.74. The highest BCUT2D eigenvalue weighted by Gasteiger charge is 2.27. The first-order chi connectivity index (χ1) is 10.9. The molecule has 0 saturated carbocycles. The lowest BCUT2D eigenvalue weighted by atomic mass is 10.1. The van der Waals surface area contributed by atoms with E-state index in [2.05, 4.69) is 24.1 Å². The van der Waals surface area contributed by atoms with Crippen LogP contribution in [0.5, 0.6) is 5.75 Å². The van der Waals surface area contributed by atoms with Crippen molar-refractivity contribution < 1.29 is 14.3 Å². The molecule has 1 N–H and O–H groups in total. The van der Waals surface area contributed by atoms with Crippen LogP contribution in [0.1, 0.15) is 44.5 Å². The second kappa shape index (κ2) is 7.59. The molecule has 0 unspecified atom stereocenters. The van der Waals surface area contributed by atoms with E-state index in [1.54, 1.807) is 31.2 Å². The summed E-state index contributed by atoms with van der Waals surface area (Å²) in [6.45, 7) is 9.46. The second-order valence-corrected chi connectivity index (χ2v) is 6.43. The molecule has 126 valence electrons. The van der Waals surface area contributed by atoms with Gasteiger partial charge in [0, 0.05) is 30.7 Å². The molecule has 1 amide bonds. The number of nitrogens with zero attached hydrogens (tertiary/aromatic N) is 1. The number of ketones is 1. The van der Waals surface area contributed by atoms with E-state index in [1.165, 1.54) is 6.92 Å². The molecule has 0 radical (unpaired) electrons. The monoisotopic (exact) mass is 318 g/mol. The smallest absolute Gasteiger partial charge is 0.261 e. The van der Waals surface area contributed by atoms with Crippen molar-refractivity contribution in [3.05, 3.63) is 29.8 Å². The quantitative estimate of drug-likeness (QED) is 0.817. The fourth-order valence-corrected chi connectivity index (χ4v) is 2.74. The molecule has 5 nitrogen and oxygen atoms in total. The van der Waals surface area contributed by atoms with Crippen molar-refractivity contribution in [2.45, 2.75) is 52.3 Å². The lowest BCUT2D eigenvalue weighted by molar-refractivity contribution is -0.127. The predicted octanol–water partition coefficient (Wildman–Crippen LogP) is 2.26. The van der Waals surface area contributed by atoms with Crippen LogP contribution in [-0.2, 0) is 4.79 Å². The Balaban J connectivity index is 1.88. The van der Waals surface area contributed by atoms with Crippen LogP contribution >= 0.6 is 0 Å². The molecule has 5 heteroatoms. The number of hydrogen-bond donors (Lipinski definition) is 1. The van der Waals surface area contributed by atoms with Crippen molar-refractivity contribution >= 4 is 11.7 Å². The molecule has 1 fully saturated rings.